The van der Waals surface area contributed by atoms with E-state index in [1.165, 1.54) is 0 Å². The monoisotopic (exact) mass is 455 g/mol. The number of aromatic nitrogens is 3. The summed E-state index contributed by atoms with van der Waals surface area (Å²) in [5, 5.41) is 11.3. The Bertz CT molecular complexity index is 1310. The van der Waals surface area contributed by atoms with Gasteiger partial charge in [-0.15, -0.1) is 0 Å². The van der Waals surface area contributed by atoms with Crippen LogP contribution in [0.5, 0.6) is 5.88 Å². The molecule has 5 nitrogen and oxygen atoms in total. The first-order valence-corrected chi connectivity index (χ1v) is 9.27. The van der Waals surface area contributed by atoms with Crippen molar-refractivity contribution in [3.8, 4) is 5.88 Å². The molecule has 4 aromatic rings. The van der Waals surface area contributed by atoms with E-state index in [2.05, 4.69) is 9.97 Å². The molecule has 0 bridgehead atoms. The van der Waals surface area contributed by atoms with Crippen LogP contribution in [0.4, 0.5) is 26.3 Å². The zero-order valence-corrected chi connectivity index (χ0v) is 16.1. The number of nitrogens with zero attached hydrogens (tertiary/aromatic N) is 1. The minimum Gasteiger partial charge on any atom is -0.493 e. The lowest BCUT2D eigenvalue weighted by molar-refractivity contribution is -0.143. The maximum atomic E-state index is 13.1. The first kappa shape index (κ1) is 21.6. The molecule has 2 aromatic carbocycles. The molecule has 4 rings (SSSR count). The highest BCUT2D eigenvalue weighted by Crippen LogP contribution is 2.36. The van der Waals surface area contributed by atoms with Gasteiger partial charge in [0.15, 0.2) is 0 Å². The zero-order chi connectivity index (χ0) is 23.3. The highest BCUT2D eigenvalue weighted by atomic mass is 19.4. The van der Waals surface area contributed by atoms with Crippen molar-refractivity contribution in [3.05, 3.63) is 87.1 Å². The van der Waals surface area contributed by atoms with Gasteiger partial charge in [0, 0.05) is 23.5 Å². The quantitative estimate of drug-likeness (QED) is 0.377. The predicted octanol–water partition coefficient (Wildman–Crippen LogP) is 5.04. The summed E-state index contributed by atoms with van der Waals surface area (Å²) in [5.74, 6) is -0.564. The maximum absolute atomic E-state index is 13.1. The van der Waals surface area contributed by atoms with E-state index < -0.39 is 47.2 Å². The average Bonchev–Trinajstić information content (AvgIpc) is 3.23. The number of alkyl halides is 6. The van der Waals surface area contributed by atoms with Gasteiger partial charge in [0.25, 0.3) is 0 Å². The topological polar surface area (TPSA) is 73.8 Å². The van der Waals surface area contributed by atoms with Gasteiger partial charge in [-0.25, -0.2) is 4.79 Å². The molecule has 32 heavy (non-hydrogen) atoms. The van der Waals surface area contributed by atoms with Crippen LogP contribution in [0.2, 0.25) is 0 Å². The van der Waals surface area contributed by atoms with Crippen molar-refractivity contribution in [1.29, 1.82) is 0 Å². The molecule has 0 amide bonds. The molecule has 2 aromatic heterocycles. The summed E-state index contributed by atoms with van der Waals surface area (Å²) >= 11 is 0. The van der Waals surface area contributed by atoms with Crippen LogP contribution in [0.25, 0.3) is 10.9 Å². The van der Waals surface area contributed by atoms with Crippen LogP contribution in [0.3, 0.4) is 0 Å². The van der Waals surface area contributed by atoms with Gasteiger partial charge in [0.1, 0.15) is 0 Å². The second kappa shape index (κ2) is 7.50. The van der Waals surface area contributed by atoms with E-state index in [0.29, 0.717) is 16.7 Å². The Morgan fingerprint density at radius 1 is 0.938 bits per heavy atom. The molecular formula is C21H15F6N3O2. The van der Waals surface area contributed by atoms with Gasteiger partial charge in [0.05, 0.1) is 23.4 Å². The molecule has 0 atom stereocenters. The smallest absolute Gasteiger partial charge is 0.416 e. The first-order valence-electron chi connectivity index (χ1n) is 9.27. The molecule has 0 saturated carbocycles. The van der Waals surface area contributed by atoms with Crippen molar-refractivity contribution >= 4 is 10.9 Å². The third-order valence-electron chi connectivity index (χ3n) is 5.06. The minimum atomic E-state index is -5.01. The van der Waals surface area contributed by atoms with Gasteiger partial charge in [-0.1, -0.05) is 18.2 Å². The molecule has 3 N–H and O–H groups in total. The Hall–Kier alpha value is -3.63. The van der Waals surface area contributed by atoms with Crippen molar-refractivity contribution in [2.75, 3.05) is 0 Å². The van der Waals surface area contributed by atoms with E-state index in [4.69, 9.17) is 0 Å². The van der Waals surface area contributed by atoms with Crippen LogP contribution in [0, 0.1) is 0 Å². The molecular weight excluding hydrogens is 440 g/mol. The number of aromatic amines is 2. The van der Waals surface area contributed by atoms with E-state index in [1.54, 1.807) is 12.3 Å². The molecule has 0 unspecified atom stereocenters. The fourth-order valence-corrected chi connectivity index (χ4v) is 3.54. The second-order valence-corrected chi connectivity index (χ2v) is 7.27. The highest BCUT2D eigenvalue weighted by Gasteiger charge is 2.37. The molecule has 0 radical (unpaired) electrons. The van der Waals surface area contributed by atoms with Crippen molar-refractivity contribution in [2.45, 2.75) is 25.3 Å². The Morgan fingerprint density at radius 2 is 1.56 bits per heavy atom. The third-order valence-corrected chi connectivity index (χ3v) is 5.06. The molecule has 11 heteroatoms. The Morgan fingerprint density at radius 3 is 2.19 bits per heavy atom. The lowest BCUT2D eigenvalue weighted by Gasteiger charge is -2.14. The van der Waals surface area contributed by atoms with Crippen molar-refractivity contribution in [1.82, 2.24) is 14.5 Å². The lowest BCUT2D eigenvalue weighted by Crippen LogP contribution is -2.18. The molecule has 0 aliphatic carbocycles. The summed E-state index contributed by atoms with van der Waals surface area (Å²) < 4.78 is 79.2. The normalized spacial score (nSPS) is 12.6. The van der Waals surface area contributed by atoms with Gasteiger partial charge in [0.2, 0.25) is 5.88 Å². The molecule has 0 aliphatic heterocycles. The summed E-state index contributed by atoms with van der Waals surface area (Å²) in [4.78, 5) is 17.8. The Labute approximate surface area is 175 Å². The number of nitrogens with one attached hydrogen (secondary N) is 2. The number of hydrogen-bond acceptors (Lipinski definition) is 2. The van der Waals surface area contributed by atoms with E-state index >= 15 is 0 Å². The number of aromatic hydroxyl groups is 1. The standard InChI is InChI=1S/C21H15F6N3O2/c22-20(23,24)13-5-11(6-14(8-13)21(25,26)27)10-30-18(31)17(29-19(30)32)7-12-9-28-16-4-2-1-3-15(12)16/h1-6,8-9,28,31H,7,10H2,(H,29,32). The lowest BCUT2D eigenvalue weighted by atomic mass is 10.0. The van der Waals surface area contributed by atoms with E-state index in [0.717, 1.165) is 16.5 Å². The van der Waals surface area contributed by atoms with Crippen LogP contribution in [0.15, 0.2) is 53.5 Å². The van der Waals surface area contributed by atoms with Crippen LogP contribution in [-0.4, -0.2) is 19.6 Å². The Balaban J connectivity index is 1.70. The fourth-order valence-electron chi connectivity index (χ4n) is 3.54. The first-order chi connectivity index (χ1) is 14.9. The summed E-state index contributed by atoms with van der Waals surface area (Å²) in [5.41, 5.74) is -2.63. The summed E-state index contributed by atoms with van der Waals surface area (Å²) in [6.45, 7) is -0.679. The van der Waals surface area contributed by atoms with Crippen LogP contribution < -0.4 is 5.69 Å². The molecule has 0 fully saturated rings. The van der Waals surface area contributed by atoms with Gasteiger partial charge in [-0.3, -0.25) is 4.57 Å². The molecule has 0 saturated heterocycles. The van der Waals surface area contributed by atoms with Gasteiger partial charge in [-0.2, -0.15) is 26.3 Å². The van der Waals surface area contributed by atoms with E-state index in [9.17, 15) is 36.2 Å². The predicted molar refractivity (Wildman–Crippen MR) is 103 cm³/mol. The number of halogens is 6. The largest absolute Gasteiger partial charge is 0.493 e. The fraction of sp³-hybridized carbons (Fsp3) is 0.190. The van der Waals surface area contributed by atoms with Gasteiger partial charge in [-0.05, 0) is 35.4 Å². The van der Waals surface area contributed by atoms with Crippen molar-refractivity contribution in [3.63, 3.8) is 0 Å². The zero-order valence-electron chi connectivity index (χ0n) is 16.1. The highest BCUT2D eigenvalue weighted by molar-refractivity contribution is 5.83. The number of benzene rings is 2. The number of H-pyrrole nitrogens is 2. The second-order valence-electron chi connectivity index (χ2n) is 7.27. The van der Waals surface area contributed by atoms with E-state index in [1.807, 2.05) is 18.2 Å². The maximum Gasteiger partial charge on any atom is 0.416 e. The SMILES string of the molecule is O=c1[nH]c(Cc2c[nH]c3ccccc23)c(O)n1Cc1cc(C(F)(F)F)cc(C(F)(F)F)c1. The number of para-hydroxylation sites is 1. The summed E-state index contributed by atoms with van der Waals surface area (Å²) in [6.07, 6.45) is -8.25. The Kier molecular flexibility index (Phi) is 5.06. The van der Waals surface area contributed by atoms with Crippen LogP contribution in [0.1, 0.15) is 27.9 Å². The van der Waals surface area contributed by atoms with Gasteiger partial charge < -0.3 is 15.1 Å². The molecule has 0 aliphatic rings. The average molecular weight is 455 g/mol. The van der Waals surface area contributed by atoms with Crippen LogP contribution in [-0.2, 0) is 25.3 Å². The van der Waals surface area contributed by atoms with Crippen molar-refractivity contribution in [2.24, 2.45) is 0 Å². The van der Waals surface area contributed by atoms with Crippen molar-refractivity contribution < 1.29 is 31.4 Å². The number of imidazole rings is 1. The van der Waals surface area contributed by atoms with Crippen LogP contribution >= 0.6 is 0 Å². The molecule has 168 valence electrons. The van der Waals surface area contributed by atoms with E-state index in [-0.39, 0.29) is 18.2 Å². The minimum absolute atomic E-state index is 0.00565. The summed E-state index contributed by atoms with van der Waals surface area (Å²) in [6, 6.07) is 8.34. The number of hydrogen-bond donors (Lipinski definition) is 3. The molecule has 0 spiro atoms. The van der Waals surface area contributed by atoms with Gasteiger partial charge >= 0.3 is 18.0 Å². The number of fused-ring (bicyclic) bond motifs is 1. The molecule has 2 heterocycles. The third kappa shape index (κ3) is 4.10. The summed E-state index contributed by atoms with van der Waals surface area (Å²) in [7, 11) is 0. The number of rotatable bonds is 4.